The number of carbonyl (C=O) groups excluding carboxylic acids is 3. The van der Waals surface area contributed by atoms with Gasteiger partial charge in [0, 0.05) is 53.7 Å². The fraction of sp³-hybridized carbons (Fsp3) is 0.0909. The van der Waals surface area contributed by atoms with Crippen LogP contribution in [0.5, 0.6) is 0 Å². The van der Waals surface area contributed by atoms with Gasteiger partial charge in [0.1, 0.15) is 6.33 Å². The summed E-state index contributed by atoms with van der Waals surface area (Å²) < 4.78 is -0.750. The highest BCUT2D eigenvalue weighted by Crippen LogP contribution is 2.38. The molecular weight excluding hydrogens is 475 g/mol. The van der Waals surface area contributed by atoms with E-state index >= 15 is 0 Å². The predicted molar refractivity (Wildman–Crippen MR) is 122 cm³/mol. The molecule has 0 spiro atoms. The summed E-state index contributed by atoms with van der Waals surface area (Å²) in [5.74, 6) is -1.29. The van der Waals surface area contributed by atoms with Crippen LogP contribution in [0.25, 0.3) is 21.5 Å². The second-order valence-electron chi connectivity index (χ2n) is 6.77. The molecule has 0 fully saturated rings. The third-order valence-corrected chi connectivity index (χ3v) is 5.05. The van der Waals surface area contributed by atoms with Gasteiger partial charge < -0.3 is 0 Å². The summed E-state index contributed by atoms with van der Waals surface area (Å²) in [6.45, 7) is 0. The molecular formula is C22H13Cl3N4O3. The number of fused-ring (bicyclic) bond motifs is 2. The van der Waals surface area contributed by atoms with Crippen molar-refractivity contribution in [1.29, 1.82) is 0 Å². The number of amides is 2. The van der Waals surface area contributed by atoms with Gasteiger partial charge in [-0.05, 0) is 22.9 Å². The lowest BCUT2D eigenvalue weighted by molar-refractivity contribution is 0.0648. The normalized spacial score (nSPS) is 12.8. The Balaban J connectivity index is 0.000000567. The average molecular weight is 488 g/mol. The van der Waals surface area contributed by atoms with E-state index in [-0.39, 0.29) is 22.5 Å². The van der Waals surface area contributed by atoms with E-state index in [1.807, 2.05) is 6.07 Å². The van der Waals surface area contributed by atoms with Crippen molar-refractivity contribution in [3.8, 4) is 0 Å². The maximum Gasteiger partial charge on any atom is 0.261 e. The Labute approximate surface area is 196 Å². The van der Waals surface area contributed by atoms with Gasteiger partial charge in [0.15, 0.2) is 10.1 Å². The molecule has 0 bridgehead atoms. The molecule has 0 unspecified atom stereocenters. The molecule has 5 rings (SSSR count). The molecule has 0 radical (unpaired) electrons. The van der Waals surface area contributed by atoms with Gasteiger partial charge >= 0.3 is 0 Å². The molecule has 2 aromatic carbocycles. The Hall–Kier alpha value is -3.13. The highest BCUT2D eigenvalue weighted by molar-refractivity contribution is 6.63. The summed E-state index contributed by atoms with van der Waals surface area (Å²) in [5.41, 5.74) is 1.07. The minimum absolute atomic E-state index is 0.210. The van der Waals surface area contributed by atoms with E-state index in [1.54, 1.807) is 30.6 Å². The molecule has 3 heterocycles. The van der Waals surface area contributed by atoms with E-state index in [9.17, 15) is 14.4 Å². The van der Waals surface area contributed by atoms with E-state index in [0.29, 0.717) is 16.3 Å². The number of ketones is 1. The van der Waals surface area contributed by atoms with Crippen molar-refractivity contribution in [3.05, 3.63) is 77.6 Å². The van der Waals surface area contributed by atoms with Gasteiger partial charge in [-0.25, -0.2) is 9.97 Å². The van der Waals surface area contributed by atoms with Crippen molar-refractivity contribution < 1.29 is 14.4 Å². The number of pyridine rings is 1. The van der Waals surface area contributed by atoms with Crippen LogP contribution in [0.2, 0.25) is 0 Å². The molecule has 7 nitrogen and oxygen atoms in total. The minimum Gasteiger partial charge on any atom is -0.288 e. The Morgan fingerprint density at radius 2 is 1.59 bits per heavy atom. The molecule has 2 amide bonds. The molecule has 1 aliphatic heterocycles. The number of alkyl halides is 3. The van der Waals surface area contributed by atoms with Crippen molar-refractivity contribution in [2.75, 3.05) is 7.05 Å². The molecule has 0 saturated carbocycles. The molecule has 10 heteroatoms. The van der Waals surface area contributed by atoms with Crippen LogP contribution in [-0.4, -0.2) is 48.8 Å². The van der Waals surface area contributed by atoms with Gasteiger partial charge in [-0.15, -0.1) is 0 Å². The maximum absolute atomic E-state index is 13.4. The number of halogens is 3. The highest BCUT2D eigenvalue weighted by atomic mass is 35.6. The number of aromatic nitrogens is 3. The van der Waals surface area contributed by atoms with E-state index in [4.69, 9.17) is 34.8 Å². The smallest absolute Gasteiger partial charge is 0.261 e. The maximum atomic E-state index is 13.4. The van der Waals surface area contributed by atoms with E-state index < -0.39 is 16.1 Å². The summed E-state index contributed by atoms with van der Waals surface area (Å²) in [7, 11) is 1.42. The van der Waals surface area contributed by atoms with Crippen LogP contribution < -0.4 is 0 Å². The topological polar surface area (TPSA) is 93.1 Å². The van der Waals surface area contributed by atoms with Gasteiger partial charge in [-0.3, -0.25) is 24.3 Å². The molecule has 0 N–H and O–H groups in total. The molecule has 0 saturated heterocycles. The number of benzene rings is 2. The first-order valence-electron chi connectivity index (χ1n) is 9.19. The summed E-state index contributed by atoms with van der Waals surface area (Å²) in [5, 5.41) is 2.53. The average Bonchev–Trinajstić information content (AvgIpc) is 2.80. The Morgan fingerprint density at radius 1 is 0.906 bits per heavy atom. The van der Waals surface area contributed by atoms with Gasteiger partial charge in [0.05, 0.1) is 11.1 Å². The Morgan fingerprint density at radius 3 is 2.28 bits per heavy atom. The first-order chi connectivity index (χ1) is 15.3. The molecule has 4 aromatic rings. The quantitative estimate of drug-likeness (QED) is 0.177. The summed E-state index contributed by atoms with van der Waals surface area (Å²) in [4.78, 5) is 52.2. The minimum atomic E-state index is -0.750. The van der Waals surface area contributed by atoms with Crippen LogP contribution >= 0.6 is 34.8 Å². The Bertz CT molecular complexity index is 1390. The summed E-state index contributed by atoms with van der Waals surface area (Å²) in [6.07, 6.45) is 7.33. The fourth-order valence-electron chi connectivity index (χ4n) is 3.76. The summed E-state index contributed by atoms with van der Waals surface area (Å²) >= 11 is 14.4. The second kappa shape index (κ2) is 8.78. The zero-order valence-corrected chi connectivity index (χ0v) is 18.7. The third kappa shape index (κ3) is 3.68. The molecule has 160 valence electrons. The number of nitrogens with zero attached hydrogens (tertiary/aromatic N) is 4. The lowest BCUT2D eigenvalue weighted by Crippen LogP contribution is -2.38. The van der Waals surface area contributed by atoms with Crippen molar-refractivity contribution in [2.24, 2.45) is 0 Å². The molecule has 1 aliphatic rings. The van der Waals surface area contributed by atoms with Crippen LogP contribution in [-0.2, 0) is 0 Å². The van der Waals surface area contributed by atoms with Gasteiger partial charge in [0.2, 0.25) is 0 Å². The molecule has 0 atom stereocenters. The number of carbonyl (C=O) groups is 3. The van der Waals surface area contributed by atoms with E-state index in [1.165, 1.54) is 25.8 Å². The number of hydrogen-bond acceptors (Lipinski definition) is 6. The zero-order valence-electron chi connectivity index (χ0n) is 16.4. The van der Waals surface area contributed by atoms with Crippen molar-refractivity contribution in [1.82, 2.24) is 19.9 Å². The molecule has 0 aliphatic carbocycles. The van der Waals surface area contributed by atoms with Gasteiger partial charge in [0.25, 0.3) is 11.8 Å². The Kier molecular flexibility index (Phi) is 6.06. The van der Waals surface area contributed by atoms with Crippen molar-refractivity contribution in [2.45, 2.75) is 4.30 Å². The number of hydrogen-bond donors (Lipinski definition) is 0. The third-order valence-electron chi connectivity index (χ3n) is 5.05. The van der Waals surface area contributed by atoms with Crippen LogP contribution in [0.4, 0.5) is 0 Å². The monoisotopic (exact) mass is 486 g/mol. The number of imide groups is 1. The molecule has 2 aromatic heterocycles. The first-order valence-corrected chi connectivity index (χ1v) is 10.5. The van der Waals surface area contributed by atoms with Gasteiger partial charge in [-0.1, -0.05) is 46.9 Å². The van der Waals surface area contributed by atoms with Crippen molar-refractivity contribution in [3.63, 3.8) is 0 Å². The van der Waals surface area contributed by atoms with E-state index in [0.717, 1.165) is 15.7 Å². The highest BCUT2D eigenvalue weighted by Gasteiger charge is 2.35. The van der Waals surface area contributed by atoms with Gasteiger partial charge in [-0.2, -0.15) is 0 Å². The van der Waals surface area contributed by atoms with Crippen LogP contribution in [0.15, 0.2) is 55.4 Å². The SMILES string of the molecule is CN1C(=O)c2cccc3c2c(c(C(=O)c2cncnc2)c2cnccc23)C1=O.ClC(Cl)Cl. The van der Waals surface area contributed by atoms with Crippen LogP contribution in [0.1, 0.15) is 36.6 Å². The standard InChI is InChI=1S/C21H12N4O3.CHCl3/c1-25-20(27)14-4-2-3-13-12-5-6-22-9-15(12)17(18(16(13)14)21(25)28)19(26)11-7-23-10-24-8-11;2-1(3)4/h2-10H,1H3;1H. The largest absolute Gasteiger partial charge is 0.288 e. The second-order valence-corrected chi connectivity index (χ2v) is 8.75. The lowest BCUT2D eigenvalue weighted by atomic mass is 9.84. The first kappa shape index (κ1) is 22.1. The predicted octanol–water partition coefficient (Wildman–Crippen LogP) is 4.62. The van der Waals surface area contributed by atoms with E-state index in [2.05, 4.69) is 15.0 Å². The van der Waals surface area contributed by atoms with Crippen LogP contribution in [0, 0.1) is 0 Å². The van der Waals surface area contributed by atoms with Crippen LogP contribution in [0.3, 0.4) is 0 Å². The fourth-order valence-corrected chi connectivity index (χ4v) is 3.76. The number of rotatable bonds is 2. The lowest BCUT2D eigenvalue weighted by Gasteiger charge is -2.26. The zero-order chi connectivity index (χ0) is 23.0. The summed E-state index contributed by atoms with van der Waals surface area (Å²) in [6, 6.07) is 7.07. The molecule has 32 heavy (non-hydrogen) atoms. The van der Waals surface area contributed by atoms with Crippen molar-refractivity contribution >= 4 is 73.9 Å².